The molecular weight excluding hydrogens is 439 g/mol. The SMILES string of the molecule is COC(=O)c1ccc2c(c1)CC[C@@H]2NC(=O)c1cc(NC(=O)Cc2ccc(F)c(C)c2)ncn1. The highest BCUT2D eigenvalue weighted by molar-refractivity contribution is 5.95. The Bertz CT molecular complexity index is 1280. The Morgan fingerprint density at radius 3 is 2.71 bits per heavy atom. The largest absolute Gasteiger partial charge is 0.465 e. The Hall–Kier alpha value is -4.14. The zero-order valence-electron chi connectivity index (χ0n) is 18.7. The van der Waals surface area contributed by atoms with Crippen LogP contribution in [-0.4, -0.2) is 34.9 Å². The Labute approximate surface area is 195 Å². The highest BCUT2D eigenvalue weighted by atomic mass is 19.1. The van der Waals surface area contributed by atoms with E-state index < -0.39 is 11.9 Å². The lowest BCUT2D eigenvalue weighted by atomic mass is 10.0. The molecule has 0 unspecified atom stereocenters. The normalized spacial score (nSPS) is 14.3. The van der Waals surface area contributed by atoms with Crippen LogP contribution in [0.5, 0.6) is 0 Å². The number of hydrogen-bond donors (Lipinski definition) is 2. The van der Waals surface area contributed by atoms with Gasteiger partial charge in [0, 0.05) is 6.07 Å². The monoisotopic (exact) mass is 462 g/mol. The molecule has 1 atom stereocenters. The summed E-state index contributed by atoms with van der Waals surface area (Å²) < 4.78 is 18.2. The van der Waals surface area contributed by atoms with Crippen LogP contribution >= 0.6 is 0 Å². The number of esters is 1. The topological polar surface area (TPSA) is 110 Å². The number of carbonyl (C=O) groups is 3. The number of ether oxygens (including phenoxy) is 1. The summed E-state index contributed by atoms with van der Waals surface area (Å²) in [6.45, 7) is 1.63. The Morgan fingerprint density at radius 1 is 1.12 bits per heavy atom. The average molecular weight is 462 g/mol. The van der Waals surface area contributed by atoms with Crippen molar-refractivity contribution in [1.29, 1.82) is 0 Å². The van der Waals surface area contributed by atoms with Gasteiger partial charge in [-0.25, -0.2) is 19.2 Å². The quantitative estimate of drug-likeness (QED) is 0.544. The zero-order valence-corrected chi connectivity index (χ0v) is 18.7. The van der Waals surface area contributed by atoms with Gasteiger partial charge in [0.1, 0.15) is 23.7 Å². The third-order valence-corrected chi connectivity index (χ3v) is 5.70. The molecule has 1 aliphatic carbocycles. The summed E-state index contributed by atoms with van der Waals surface area (Å²) in [5.41, 5.74) is 3.64. The van der Waals surface area contributed by atoms with Crippen LogP contribution in [0.25, 0.3) is 0 Å². The maximum atomic E-state index is 13.4. The van der Waals surface area contributed by atoms with Crippen molar-refractivity contribution in [1.82, 2.24) is 15.3 Å². The summed E-state index contributed by atoms with van der Waals surface area (Å²) in [7, 11) is 1.33. The first-order chi connectivity index (χ1) is 16.3. The van der Waals surface area contributed by atoms with E-state index in [9.17, 15) is 18.8 Å². The predicted octanol–water partition coefficient (Wildman–Crippen LogP) is 3.31. The van der Waals surface area contributed by atoms with Crippen molar-refractivity contribution in [2.45, 2.75) is 32.2 Å². The number of carbonyl (C=O) groups excluding carboxylic acids is 3. The minimum atomic E-state index is -0.402. The van der Waals surface area contributed by atoms with Gasteiger partial charge in [-0.15, -0.1) is 0 Å². The van der Waals surface area contributed by atoms with Crippen LogP contribution in [0.2, 0.25) is 0 Å². The fourth-order valence-corrected chi connectivity index (χ4v) is 3.98. The third kappa shape index (κ3) is 5.09. The van der Waals surface area contributed by atoms with Crippen LogP contribution in [0.4, 0.5) is 10.2 Å². The molecule has 8 nitrogen and oxygen atoms in total. The molecule has 0 spiro atoms. The second-order valence-corrected chi connectivity index (χ2v) is 8.07. The first-order valence-corrected chi connectivity index (χ1v) is 10.7. The van der Waals surface area contributed by atoms with Gasteiger partial charge < -0.3 is 15.4 Å². The van der Waals surface area contributed by atoms with E-state index in [2.05, 4.69) is 20.6 Å². The first-order valence-electron chi connectivity index (χ1n) is 10.7. The lowest BCUT2D eigenvalue weighted by Gasteiger charge is -2.14. The van der Waals surface area contributed by atoms with Crippen molar-refractivity contribution in [2.24, 2.45) is 0 Å². The number of aryl methyl sites for hydroxylation is 2. The van der Waals surface area contributed by atoms with Gasteiger partial charge in [-0.2, -0.15) is 0 Å². The molecule has 4 rings (SSSR count). The lowest BCUT2D eigenvalue weighted by Crippen LogP contribution is -2.28. The molecule has 174 valence electrons. The van der Waals surface area contributed by atoms with Gasteiger partial charge in [-0.3, -0.25) is 9.59 Å². The molecule has 0 fully saturated rings. The number of amides is 2. The van der Waals surface area contributed by atoms with Gasteiger partial charge in [-0.1, -0.05) is 18.2 Å². The molecule has 1 heterocycles. The number of nitrogens with zero attached hydrogens (tertiary/aromatic N) is 2. The number of rotatable bonds is 6. The summed E-state index contributed by atoms with van der Waals surface area (Å²) in [5, 5.41) is 5.60. The zero-order chi connectivity index (χ0) is 24.2. The molecule has 1 aliphatic rings. The Kier molecular flexibility index (Phi) is 6.62. The fourth-order valence-electron chi connectivity index (χ4n) is 3.98. The molecule has 0 saturated heterocycles. The Balaban J connectivity index is 1.40. The standard InChI is InChI=1S/C25H23FN4O4/c1-14-9-15(3-7-19(14)26)10-23(31)30-22-12-21(27-13-28-22)24(32)29-20-8-5-16-11-17(25(33)34-2)4-6-18(16)20/h3-4,6-7,9,11-13,20H,5,8,10H2,1-2H3,(H,29,32)(H,27,28,30,31)/t20-/m0/s1. The summed E-state index contributed by atoms with van der Waals surface area (Å²) in [5.74, 6) is -1.28. The van der Waals surface area contributed by atoms with E-state index in [0.717, 1.165) is 17.5 Å². The van der Waals surface area contributed by atoms with Crippen molar-refractivity contribution in [2.75, 3.05) is 12.4 Å². The van der Waals surface area contributed by atoms with Gasteiger partial charge in [0.25, 0.3) is 5.91 Å². The number of nitrogens with one attached hydrogen (secondary N) is 2. The van der Waals surface area contributed by atoms with Crippen molar-refractivity contribution in [3.05, 3.63) is 88.1 Å². The summed E-state index contributed by atoms with van der Waals surface area (Å²) in [4.78, 5) is 45.0. The average Bonchev–Trinajstić information content (AvgIpc) is 3.22. The van der Waals surface area contributed by atoms with Gasteiger partial charge in [0.15, 0.2) is 0 Å². The van der Waals surface area contributed by atoms with Crippen LogP contribution in [0.3, 0.4) is 0 Å². The van der Waals surface area contributed by atoms with E-state index in [1.807, 2.05) is 6.07 Å². The molecule has 0 aliphatic heterocycles. The Morgan fingerprint density at radius 2 is 1.94 bits per heavy atom. The maximum absolute atomic E-state index is 13.4. The number of benzene rings is 2. The van der Waals surface area contributed by atoms with Crippen LogP contribution in [0.15, 0.2) is 48.8 Å². The first kappa shape index (κ1) is 23.0. The van der Waals surface area contributed by atoms with Crippen molar-refractivity contribution in [3.63, 3.8) is 0 Å². The van der Waals surface area contributed by atoms with E-state index in [1.165, 1.54) is 25.6 Å². The smallest absolute Gasteiger partial charge is 0.337 e. The van der Waals surface area contributed by atoms with Gasteiger partial charge in [0.05, 0.1) is 25.1 Å². The van der Waals surface area contributed by atoms with Gasteiger partial charge >= 0.3 is 5.97 Å². The molecular formula is C25H23FN4O4. The van der Waals surface area contributed by atoms with Gasteiger partial charge in [0.2, 0.25) is 5.91 Å². The molecule has 34 heavy (non-hydrogen) atoms. The predicted molar refractivity (Wildman–Crippen MR) is 122 cm³/mol. The van der Waals surface area contributed by atoms with E-state index in [1.54, 1.807) is 31.2 Å². The molecule has 1 aromatic heterocycles. The number of halogens is 1. The summed E-state index contributed by atoms with van der Waals surface area (Å²) >= 11 is 0. The number of aromatic nitrogens is 2. The highest BCUT2D eigenvalue weighted by Gasteiger charge is 2.26. The van der Waals surface area contributed by atoms with Crippen LogP contribution in [0, 0.1) is 12.7 Å². The van der Waals surface area contributed by atoms with Crippen LogP contribution < -0.4 is 10.6 Å². The van der Waals surface area contributed by atoms with Crippen molar-refractivity contribution >= 4 is 23.6 Å². The molecule has 2 aromatic carbocycles. The number of hydrogen-bond acceptors (Lipinski definition) is 6. The van der Waals surface area contributed by atoms with Crippen molar-refractivity contribution < 1.29 is 23.5 Å². The molecule has 0 saturated carbocycles. The second kappa shape index (κ2) is 9.78. The van der Waals surface area contributed by atoms with E-state index in [0.29, 0.717) is 23.1 Å². The maximum Gasteiger partial charge on any atom is 0.337 e. The molecule has 0 bridgehead atoms. The minimum Gasteiger partial charge on any atom is -0.465 e. The molecule has 3 aromatic rings. The third-order valence-electron chi connectivity index (χ3n) is 5.70. The van der Waals surface area contributed by atoms with E-state index >= 15 is 0 Å². The molecule has 9 heteroatoms. The molecule has 0 radical (unpaired) electrons. The minimum absolute atomic E-state index is 0.0407. The fraction of sp³-hybridized carbons (Fsp3) is 0.240. The van der Waals surface area contributed by atoms with Gasteiger partial charge in [-0.05, 0) is 60.2 Å². The second-order valence-electron chi connectivity index (χ2n) is 8.07. The number of fused-ring (bicyclic) bond motifs is 1. The highest BCUT2D eigenvalue weighted by Crippen LogP contribution is 2.32. The van der Waals surface area contributed by atoms with Crippen LogP contribution in [0.1, 0.15) is 55.6 Å². The molecule has 2 amide bonds. The van der Waals surface area contributed by atoms with E-state index in [-0.39, 0.29) is 35.7 Å². The number of methoxy groups -OCH3 is 1. The summed E-state index contributed by atoms with van der Waals surface area (Å²) in [6.07, 6.45) is 2.66. The number of anilines is 1. The lowest BCUT2D eigenvalue weighted by molar-refractivity contribution is -0.115. The van der Waals surface area contributed by atoms with Crippen molar-refractivity contribution in [3.8, 4) is 0 Å². The van der Waals surface area contributed by atoms with Crippen LogP contribution in [-0.2, 0) is 22.4 Å². The summed E-state index contributed by atoms with van der Waals surface area (Å²) in [6, 6.07) is 11.0. The molecule has 2 N–H and O–H groups in total. The van der Waals surface area contributed by atoms with E-state index in [4.69, 9.17) is 4.74 Å².